The first-order valence-electron chi connectivity index (χ1n) is 8.43. The molecule has 1 fully saturated rings. The van der Waals surface area contributed by atoms with Crippen molar-refractivity contribution in [2.24, 2.45) is 0 Å². The Morgan fingerprint density at radius 3 is 2.80 bits per heavy atom. The van der Waals surface area contributed by atoms with Gasteiger partial charge in [0.2, 0.25) is 5.95 Å². The maximum absolute atomic E-state index is 13.2. The first kappa shape index (κ1) is 17.6. The molecule has 1 aliphatic heterocycles. The number of nitrogens with one attached hydrogen (secondary N) is 1. The number of nitrogens with zero attached hydrogens (tertiary/aromatic N) is 3. The van der Waals surface area contributed by atoms with Crippen molar-refractivity contribution in [2.45, 2.75) is 38.6 Å². The van der Waals surface area contributed by atoms with Gasteiger partial charge in [0.25, 0.3) is 5.91 Å². The van der Waals surface area contributed by atoms with Gasteiger partial charge < -0.3 is 10.2 Å². The van der Waals surface area contributed by atoms with Gasteiger partial charge in [-0.05, 0) is 43.9 Å². The third-order valence-electron chi connectivity index (χ3n) is 4.43. The smallest absolute Gasteiger partial charge is 0.258 e. The number of carbonyl (C=O) groups is 1. The van der Waals surface area contributed by atoms with Gasteiger partial charge in [-0.15, -0.1) is 0 Å². The molecule has 1 aromatic heterocycles. The van der Waals surface area contributed by atoms with E-state index in [-0.39, 0.29) is 10.9 Å². The summed E-state index contributed by atoms with van der Waals surface area (Å²) in [5, 5.41) is 2.62. The Morgan fingerprint density at radius 1 is 1.36 bits per heavy atom. The summed E-state index contributed by atoms with van der Waals surface area (Å²) in [5.41, 5.74) is 0.761. The Morgan fingerprint density at radius 2 is 2.12 bits per heavy atom. The topological polar surface area (TPSA) is 58.1 Å². The van der Waals surface area contributed by atoms with Crippen LogP contribution in [-0.4, -0.2) is 28.5 Å². The highest BCUT2D eigenvalue weighted by atomic mass is 35.5. The maximum atomic E-state index is 13.2. The first-order valence-corrected chi connectivity index (χ1v) is 8.81. The fourth-order valence-electron chi connectivity index (χ4n) is 3.05. The SMILES string of the molecule is CCC1CCCCN1c1ncc(C(=O)Nc2ccc(F)c(Cl)c2)cn1. The molecule has 0 bridgehead atoms. The summed E-state index contributed by atoms with van der Waals surface area (Å²) < 4.78 is 13.2. The Bertz CT molecular complexity index is 753. The predicted molar refractivity (Wildman–Crippen MR) is 96.7 cm³/mol. The average Bonchev–Trinajstić information content (AvgIpc) is 2.65. The van der Waals surface area contributed by atoms with E-state index in [1.807, 2.05) is 0 Å². The number of rotatable bonds is 4. The molecule has 0 radical (unpaired) electrons. The molecule has 5 nitrogen and oxygen atoms in total. The van der Waals surface area contributed by atoms with Gasteiger partial charge in [-0.1, -0.05) is 18.5 Å². The quantitative estimate of drug-likeness (QED) is 0.881. The molecular weight excluding hydrogens is 343 g/mol. The van der Waals surface area contributed by atoms with E-state index in [4.69, 9.17) is 11.6 Å². The molecule has 1 aliphatic rings. The average molecular weight is 363 g/mol. The van der Waals surface area contributed by atoms with E-state index in [2.05, 4.69) is 27.1 Å². The third-order valence-corrected chi connectivity index (χ3v) is 4.72. The number of hydrogen-bond donors (Lipinski definition) is 1. The minimum Gasteiger partial charge on any atom is -0.338 e. The highest BCUT2D eigenvalue weighted by Crippen LogP contribution is 2.24. The first-order chi connectivity index (χ1) is 12.1. The molecule has 1 amide bonds. The van der Waals surface area contributed by atoms with Crippen LogP contribution < -0.4 is 10.2 Å². The zero-order valence-electron chi connectivity index (χ0n) is 14.0. The largest absolute Gasteiger partial charge is 0.338 e. The lowest BCUT2D eigenvalue weighted by Crippen LogP contribution is -2.40. The van der Waals surface area contributed by atoms with Crippen LogP contribution in [0.3, 0.4) is 0 Å². The van der Waals surface area contributed by atoms with Crippen molar-refractivity contribution in [1.29, 1.82) is 0 Å². The molecule has 1 N–H and O–H groups in total. The Kier molecular flexibility index (Phi) is 5.48. The van der Waals surface area contributed by atoms with E-state index in [1.165, 1.54) is 37.0 Å². The summed E-state index contributed by atoms with van der Waals surface area (Å²) in [6.45, 7) is 3.11. The molecular formula is C18H20ClFN4O. The predicted octanol–water partition coefficient (Wildman–Crippen LogP) is 4.29. The maximum Gasteiger partial charge on any atom is 0.258 e. The van der Waals surface area contributed by atoms with Crippen LogP contribution in [-0.2, 0) is 0 Å². The highest BCUT2D eigenvalue weighted by molar-refractivity contribution is 6.31. The number of benzene rings is 1. The Hall–Kier alpha value is -2.21. The van der Waals surface area contributed by atoms with E-state index in [0.717, 1.165) is 25.8 Å². The van der Waals surface area contributed by atoms with Gasteiger partial charge >= 0.3 is 0 Å². The van der Waals surface area contributed by atoms with Crippen LogP contribution in [0.4, 0.5) is 16.0 Å². The van der Waals surface area contributed by atoms with Crippen LogP contribution in [0.5, 0.6) is 0 Å². The Balaban J connectivity index is 1.70. The van der Waals surface area contributed by atoms with E-state index in [0.29, 0.717) is 23.2 Å². The van der Waals surface area contributed by atoms with Gasteiger partial charge in [-0.2, -0.15) is 0 Å². The second kappa shape index (κ2) is 7.78. The standard InChI is InChI=1S/C18H20ClFN4O/c1-2-14-5-3-4-8-24(14)18-21-10-12(11-22-18)17(25)23-13-6-7-16(20)15(19)9-13/h6-7,9-11,14H,2-5,8H2,1H3,(H,23,25). The summed E-state index contributed by atoms with van der Waals surface area (Å²) in [6.07, 6.45) is 7.60. The molecule has 2 heterocycles. The molecule has 2 aromatic rings. The van der Waals surface area contributed by atoms with Crippen molar-refractivity contribution in [3.63, 3.8) is 0 Å². The van der Waals surface area contributed by atoms with Gasteiger partial charge in [0, 0.05) is 30.7 Å². The third kappa shape index (κ3) is 4.07. The van der Waals surface area contributed by atoms with Crippen LogP contribution in [0.25, 0.3) is 0 Å². The van der Waals surface area contributed by atoms with Crippen LogP contribution in [0.15, 0.2) is 30.6 Å². The van der Waals surface area contributed by atoms with Crippen molar-refractivity contribution < 1.29 is 9.18 Å². The molecule has 0 aliphatic carbocycles. The van der Waals surface area contributed by atoms with Gasteiger partial charge in [0.15, 0.2) is 0 Å². The molecule has 0 saturated carbocycles. The van der Waals surface area contributed by atoms with Crippen LogP contribution in [0.2, 0.25) is 5.02 Å². The number of hydrogen-bond acceptors (Lipinski definition) is 4. The summed E-state index contributed by atoms with van der Waals surface area (Å²) in [4.78, 5) is 23.2. The van der Waals surface area contributed by atoms with Crippen molar-refractivity contribution in [1.82, 2.24) is 9.97 Å². The molecule has 0 spiro atoms. The lowest BCUT2D eigenvalue weighted by atomic mass is 10.0. The summed E-state index contributed by atoms with van der Waals surface area (Å²) in [5.74, 6) is -0.229. The molecule has 1 unspecified atom stereocenters. The van der Waals surface area contributed by atoms with E-state index < -0.39 is 5.82 Å². The summed E-state index contributed by atoms with van der Waals surface area (Å²) in [7, 11) is 0. The lowest BCUT2D eigenvalue weighted by Gasteiger charge is -2.35. The zero-order chi connectivity index (χ0) is 17.8. The van der Waals surface area contributed by atoms with Gasteiger partial charge in [-0.25, -0.2) is 14.4 Å². The highest BCUT2D eigenvalue weighted by Gasteiger charge is 2.23. The van der Waals surface area contributed by atoms with Crippen LogP contribution >= 0.6 is 11.6 Å². The number of aromatic nitrogens is 2. The van der Waals surface area contributed by atoms with Gasteiger partial charge in [-0.3, -0.25) is 4.79 Å². The fraction of sp³-hybridized carbons (Fsp3) is 0.389. The molecule has 132 valence electrons. The minimum absolute atomic E-state index is 0.0416. The van der Waals surface area contributed by atoms with Crippen molar-refractivity contribution >= 4 is 29.1 Å². The zero-order valence-corrected chi connectivity index (χ0v) is 14.8. The number of halogens is 2. The van der Waals surface area contributed by atoms with Crippen molar-refractivity contribution in [2.75, 3.05) is 16.8 Å². The summed E-state index contributed by atoms with van der Waals surface area (Å²) >= 11 is 5.72. The second-order valence-electron chi connectivity index (χ2n) is 6.11. The van der Waals surface area contributed by atoms with Crippen LogP contribution in [0.1, 0.15) is 43.0 Å². The van der Waals surface area contributed by atoms with E-state index >= 15 is 0 Å². The molecule has 7 heteroatoms. The molecule has 1 aromatic carbocycles. The lowest BCUT2D eigenvalue weighted by molar-refractivity contribution is 0.102. The van der Waals surface area contributed by atoms with Crippen LogP contribution in [0, 0.1) is 5.82 Å². The van der Waals surface area contributed by atoms with E-state index in [1.54, 1.807) is 0 Å². The minimum atomic E-state index is -0.528. The number of anilines is 2. The normalized spacial score (nSPS) is 17.4. The molecule has 3 rings (SSSR count). The fourth-order valence-corrected chi connectivity index (χ4v) is 3.23. The summed E-state index contributed by atoms with van der Waals surface area (Å²) in [6, 6.07) is 4.48. The van der Waals surface area contributed by atoms with Crippen molar-refractivity contribution in [3.05, 3.63) is 47.0 Å². The van der Waals surface area contributed by atoms with Gasteiger partial charge in [0.05, 0.1) is 10.6 Å². The number of piperidine rings is 1. The van der Waals surface area contributed by atoms with Crippen molar-refractivity contribution in [3.8, 4) is 0 Å². The van der Waals surface area contributed by atoms with E-state index in [9.17, 15) is 9.18 Å². The number of carbonyl (C=O) groups excluding carboxylic acids is 1. The molecule has 1 saturated heterocycles. The molecule has 25 heavy (non-hydrogen) atoms. The monoisotopic (exact) mass is 362 g/mol. The second-order valence-corrected chi connectivity index (χ2v) is 6.51. The number of amides is 1. The Labute approximate surface area is 151 Å². The van der Waals surface area contributed by atoms with Gasteiger partial charge in [0.1, 0.15) is 5.82 Å². The molecule has 1 atom stereocenters.